The smallest absolute Gasteiger partial charge is 0.390 e. The Morgan fingerprint density at radius 1 is 1.21 bits per heavy atom. The van der Waals surface area contributed by atoms with Gasteiger partial charge >= 0.3 is 7.82 Å². The van der Waals surface area contributed by atoms with E-state index >= 15 is 0 Å². The molecule has 0 saturated heterocycles. The summed E-state index contributed by atoms with van der Waals surface area (Å²) in [5, 5.41) is 27.3. The second kappa shape index (κ2) is 5.77. The van der Waals surface area contributed by atoms with Crippen molar-refractivity contribution < 1.29 is 34.2 Å². The number of phosphoric acid groups is 1. The van der Waals surface area contributed by atoms with Gasteiger partial charge in [0.25, 0.3) is 0 Å². The molecule has 0 bridgehead atoms. The fourth-order valence-corrected chi connectivity index (χ4v) is 1.12. The van der Waals surface area contributed by atoms with Crippen LogP contribution in [0.4, 0.5) is 0 Å². The molecule has 0 amide bonds. The van der Waals surface area contributed by atoms with Crippen LogP contribution < -0.4 is 0 Å². The van der Waals surface area contributed by atoms with Crippen molar-refractivity contribution in [2.75, 3.05) is 6.61 Å². The van der Waals surface area contributed by atoms with Gasteiger partial charge in [-0.1, -0.05) is 6.92 Å². The number of aliphatic hydroxyl groups excluding tert-OH is 3. The molecule has 0 aromatic rings. The third-order valence-electron chi connectivity index (χ3n) is 1.62. The Hall–Kier alpha value is -0.0100. The first-order valence-corrected chi connectivity index (χ1v) is 5.55. The largest absolute Gasteiger partial charge is 0.469 e. The molecule has 0 unspecified atom stereocenters. The summed E-state index contributed by atoms with van der Waals surface area (Å²) >= 11 is 0. The molecule has 0 radical (unpaired) electrons. The van der Waals surface area contributed by atoms with Gasteiger partial charge in [0.15, 0.2) is 0 Å². The van der Waals surface area contributed by atoms with Crippen molar-refractivity contribution >= 4 is 7.82 Å². The minimum atomic E-state index is -4.65. The van der Waals surface area contributed by atoms with Gasteiger partial charge in [0, 0.05) is 0 Å². The summed E-state index contributed by atoms with van der Waals surface area (Å²) in [6, 6.07) is 0. The van der Waals surface area contributed by atoms with Crippen LogP contribution in [-0.2, 0) is 9.09 Å². The SMILES string of the molecule is CC[C@H](O)[C@@H](O)[C@H](O)COP(=O)(O)O. The highest BCUT2D eigenvalue weighted by Gasteiger charge is 2.26. The first kappa shape index (κ1) is 14.0. The standard InChI is InChI=1S/C6H15O7P/c1-2-4(7)6(9)5(8)3-13-14(10,11)12/h4-9H,2-3H2,1H3,(H2,10,11,12)/t4-,5+,6+/m0/s1. The lowest BCUT2D eigenvalue weighted by molar-refractivity contribution is -0.0757. The fraction of sp³-hybridized carbons (Fsp3) is 1.00. The van der Waals surface area contributed by atoms with Crippen molar-refractivity contribution in [2.24, 2.45) is 0 Å². The van der Waals surface area contributed by atoms with Crippen LogP contribution in [-0.4, -0.2) is 50.0 Å². The summed E-state index contributed by atoms with van der Waals surface area (Å²) in [5.41, 5.74) is 0. The molecular weight excluding hydrogens is 215 g/mol. The Kier molecular flexibility index (Phi) is 5.77. The van der Waals surface area contributed by atoms with Crippen LogP contribution in [0.3, 0.4) is 0 Å². The first-order chi connectivity index (χ1) is 6.28. The molecule has 86 valence electrons. The fourth-order valence-electron chi connectivity index (χ4n) is 0.770. The van der Waals surface area contributed by atoms with Gasteiger partial charge < -0.3 is 25.1 Å². The molecule has 8 heteroatoms. The van der Waals surface area contributed by atoms with E-state index in [9.17, 15) is 4.57 Å². The van der Waals surface area contributed by atoms with Crippen LogP contribution in [0.15, 0.2) is 0 Å². The van der Waals surface area contributed by atoms with E-state index in [2.05, 4.69) is 4.52 Å². The maximum Gasteiger partial charge on any atom is 0.469 e. The molecule has 0 spiro atoms. The zero-order chi connectivity index (χ0) is 11.4. The normalized spacial score (nSPS) is 19.0. The van der Waals surface area contributed by atoms with Crippen molar-refractivity contribution in [3.8, 4) is 0 Å². The first-order valence-electron chi connectivity index (χ1n) is 4.02. The van der Waals surface area contributed by atoms with Gasteiger partial charge in [0.05, 0.1) is 12.7 Å². The molecule has 0 aromatic carbocycles. The second-order valence-electron chi connectivity index (χ2n) is 2.82. The molecule has 14 heavy (non-hydrogen) atoms. The van der Waals surface area contributed by atoms with Crippen LogP contribution in [0.2, 0.25) is 0 Å². The quantitative estimate of drug-likeness (QED) is 0.354. The lowest BCUT2D eigenvalue weighted by Crippen LogP contribution is -2.39. The van der Waals surface area contributed by atoms with Gasteiger partial charge in [-0.2, -0.15) is 0 Å². The Labute approximate surface area is 81.2 Å². The lowest BCUT2D eigenvalue weighted by atomic mass is 10.1. The molecule has 7 nitrogen and oxygen atoms in total. The number of aliphatic hydroxyl groups is 3. The molecule has 0 fully saturated rings. The molecule has 3 atom stereocenters. The lowest BCUT2D eigenvalue weighted by Gasteiger charge is -2.21. The van der Waals surface area contributed by atoms with E-state index in [4.69, 9.17) is 25.1 Å². The summed E-state index contributed by atoms with van der Waals surface area (Å²) in [6.07, 6.45) is -3.94. The average molecular weight is 230 g/mol. The van der Waals surface area contributed by atoms with Gasteiger partial charge in [-0.15, -0.1) is 0 Å². The highest BCUT2D eigenvalue weighted by Crippen LogP contribution is 2.35. The topological polar surface area (TPSA) is 127 Å². The van der Waals surface area contributed by atoms with Crippen LogP contribution in [0.5, 0.6) is 0 Å². The van der Waals surface area contributed by atoms with E-state index in [0.29, 0.717) is 0 Å². The molecule has 0 rings (SSSR count). The molecule has 5 N–H and O–H groups in total. The average Bonchev–Trinajstić information content (AvgIpc) is 2.10. The second-order valence-corrected chi connectivity index (χ2v) is 4.06. The van der Waals surface area contributed by atoms with Crippen molar-refractivity contribution in [3.63, 3.8) is 0 Å². The summed E-state index contributed by atoms with van der Waals surface area (Å²) in [4.78, 5) is 16.6. The molecule has 0 aliphatic carbocycles. The maximum atomic E-state index is 10.2. The summed E-state index contributed by atoms with van der Waals surface area (Å²) in [5.74, 6) is 0. The minimum absolute atomic E-state index is 0.216. The molecule has 0 aliphatic heterocycles. The monoisotopic (exact) mass is 230 g/mol. The zero-order valence-electron chi connectivity index (χ0n) is 7.65. The van der Waals surface area contributed by atoms with E-state index < -0.39 is 32.7 Å². The minimum Gasteiger partial charge on any atom is -0.390 e. The van der Waals surface area contributed by atoms with Crippen LogP contribution >= 0.6 is 7.82 Å². The van der Waals surface area contributed by atoms with E-state index in [0.717, 1.165) is 0 Å². The van der Waals surface area contributed by atoms with Crippen molar-refractivity contribution in [2.45, 2.75) is 31.7 Å². The predicted octanol–water partition coefficient (Wildman–Crippen LogP) is -1.41. The number of rotatable bonds is 6. The maximum absolute atomic E-state index is 10.2. The summed E-state index contributed by atoms with van der Waals surface area (Å²) < 4.78 is 14.2. The van der Waals surface area contributed by atoms with Gasteiger partial charge in [-0.05, 0) is 6.42 Å². The van der Waals surface area contributed by atoms with E-state index in [1.807, 2.05) is 0 Å². The van der Waals surface area contributed by atoms with Crippen molar-refractivity contribution in [1.29, 1.82) is 0 Å². The molecule has 0 saturated carbocycles. The van der Waals surface area contributed by atoms with Gasteiger partial charge in [0.2, 0.25) is 0 Å². The summed E-state index contributed by atoms with van der Waals surface area (Å²) in [7, 11) is -4.65. The Bertz CT molecular complexity index is 202. The summed E-state index contributed by atoms with van der Waals surface area (Å²) in [6.45, 7) is 0.854. The molecule has 0 aliphatic rings. The Morgan fingerprint density at radius 2 is 1.71 bits per heavy atom. The van der Waals surface area contributed by atoms with E-state index in [1.165, 1.54) is 0 Å². The predicted molar refractivity (Wildman–Crippen MR) is 46.3 cm³/mol. The zero-order valence-corrected chi connectivity index (χ0v) is 8.54. The van der Waals surface area contributed by atoms with E-state index in [-0.39, 0.29) is 6.42 Å². The van der Waals surface area contributed by atoms with Crippen LogP contribution in [0.25, 0.3) is 0 Å². The third kappa shape index (κ3) is 5.66. The van der Waals surface area contributed by atoms with Gasteiger partial charge in [-0.3, -0.25) is 4.52 Å². The number of hydrogen-bond acceptors (Lipinski definition) is 5. The highest BCUT2D eigenvalue weighted by molar-refractivity contribution is 7.46. The molecule has 0 aromatic heterocycles. The van der Waals surface area contributed by atoms with Gasteiger partial charge in [0.1, 0.15) is 12.2 Å². The Balaban J connectivity index is 3.96. The molecule has 0 heterocycles. The third-order valence-corrected chi connectivity index (χ3v) is 2.11. The van der Waals surface area contributed by atoms with E-state index in [1.54, 1.807) is 6.92 Å². The Morgan fingerprint density at radius 3 is 2.07 bits per heavy atom. The number of phosphoric ester groups is 1. The van der Waals surface area contributed by atoms with Crippen molar-refractivity contribution in [1.82, 2.24) is 0 Å². The molecular formula is C6H15O7P. The van der Waals surface area contributed by atoms with Crippen LogP contribution in [0.1, 0.15) is 13.3 Å². The van der Waals surface area contributed by atoms with Crippen LogP contribution in [0, 0.1) is 0 Å². The van der Waals surface area contributed by atoms with Crippen molar-refractivity contribution in [3.05, 3.63) is 0 Å². The highest BCUT2D eigenvalue weighted by atomic mass is 31.2. The van der Waals surface area contributed by atoms with Gasteiger partial charge in [-0.25, -0.2) is 4.57 Å². The number of hydrogen-bond donors (Lipinski definition) is 5.